The van der Waals surface area contributed by atoms with E-state index in [1.165, 1.54) is 0 Å². The molecule has 0 saturated carbocycles. The van der Waals surface area contributed by atoms with E-state index >= 15 is 0 Å². The number of nitrogens with zero attached hydrogens (tertiary/aromatic N) is 2. The van der Waals surface area contributed by atoms with Gasteiger partial charge in [0.05, 0.1) is 43.0 Å². The van der Waals surface area contributed by atoms with Crippen molar-refractivity contribution in [2.24, 2.45) is 16.2 Å². The zero-order valence-corrected chi connectivity index (χ0v) is 26.4. The highest BCUT2D eigenvalue weighted by Gasteiger charge is 2.36. The van der Waals surface area contributed by atoms with Crippen LogP contribution in [0.5, 0.6) is 0 Å². The van der Waals surface area contributed by atoms with Crippen molar-refractivity contribution in [2.75, 3.05) is 6.61 Å². The van der Waals surface area contributed by atoms with Crippen molar-refractivity contribution < 1.29 is 14.7 Å². The largest absolute Gasteiger partial charge is 0.396 e. The van der Waals surface area contributed by atoms with Gasteiger partial charge < -0.3 is 25.7 Å². The normalized spacial score (nSPS) is 13.0. The van der Waals surface area contributed by atoms with Crippen LogP contribution in [-0.2, 0) is 16.1 Å². The number of carbonyl (C=O) groups is 2. The predicted molar refractivity (Wildman–Crippen MR) is 170 cm³/mol. The zero-order valence-electron chi connectivity index (χ0n) is 26.4. The van der Waals surface area contributed by atoms with Crippen molar-refractivity contribution in [3.8, 4) is 33.6 Å². The summed E-state index contributed by atoms with van der Waals surface area (Å²) in [6, 6.07) is 15.9. The Morgan fingerprint density at radius 1 is 0.721 bits per heavy atom. The van der Waals surface area contributed by atoms with Gasteiger partial charge in [-0.05, 0) is 22.3 Å². The van der Waals surface area contributed by atoms with Crippen molar-refractivity contribution in [1.82, 2.24) is 30.6 Å². The molecule has 5 N–H and O–H groups in total. The number of aliphatic hydroxyl groups is 1. The predicted octanol–water partition coefficient (Wildman–Crippen LogP) is 6.02. The Kier molecular flexibility index (Phi) is 8.97. The van der Waals surface area contributed by atoms with Crippen molar-refractivity contribution in [2.45, 2.75) is 68.0 Å². The number of aromatic amines is 2. The summed E-state index contributed by atoms with van der Waals surface area (Å²) in [7, 11) is 0. The Labute approximate surface area is 254 Å². The Hall–Kier alpha value is -4.24. The van der Waals surface area contributed by atoms with E-state index in [-0.39, 0.29) is 18.4 Å². The number of carbonyl (C=O) groups excluding carboxylic acids is 2. The van der Waals surface area contributed by atoms with Gasteiger partial charge in [-0.15, -0.1) is 0 Å². The number of rotatable bonds is 9. The number of H-pyrrole nitrogens is 2. The minimum Gasteiger partial charge on any atom is -0.396 e. The van der Waals surface area contributed by atoms with E-state index in [0.717, 1.165) is 33.6 Å². The highest BCUT2D eigenvalue weighted by molar-refractivity contribution is 5.82. The zero-order chi connectivity index (χ0) is 31.6. The van der Waals surface area contributed by atoms with Crippen LogP contribution in [0.1, 0.15) is 73.1 Å². The van der Waals surface area contributed by atoms with Gasteiger partial charge in [0, 0.05) is 16.2 Å². The molecule has 4 rings (SSSR count). The van der Waals surface area contributed by atoms with Crippen LogP contribution < -0.4 is 10.6 Å². The van der Waals surface area contributed by atoms with Crippen LogP contribution in [0.4, 0.5) is 0 Å². The molecule has 43 heavy (non-hydrogen) atoms. The molecule has 4 aromatic rings. The van der Waals surface area contributed by atoms with Gasteiger partial charge in [0.1, 0.15) is 11.6 Å². The summed E-state index contributed by atoms with van der Waals surface area (Å²) < 4.78 is 0. The molecule has 0 aliphatic rings. The molecule has 1 unspecified atom stereocenters. The second-order valence-electron chi connectivity index (χ2n) is 13.8. The number of hydrogen-bond acceptors (Lipinski definition) is 5. The second-order valence-corrected chi connectivity index (χ2v) is 13.8. The van der Waals surface area contributed by atoms with Gasteiger partial charge in [-0.1, -0.05) is 104 Å². The minimum absolute atomic E-state index is 0.0202. The van der Waals surface area contributed by atoms with Gasteiger partial charge in [-0.3, -0.25) is 9.59 Å². The van der Waals surface area contributed by atoms with Gasteiger partial charge in [-0.25, -0.2) is 9.97 Å². The molecule has 2 heterocycles. The van der Waals surface area contributed by atoms with Gasteiger partial charge in [-0.2, -0.15) is 0 Å². The summed E-state index contributed by atoms with van der Waals surface area (Å²) >= 11 is 0. The van der Waals surface area contributed by atoms with Crippen LogP contribution >= 0.6 is 0 Å². The van der Waals surface area contributed by atoms with Crippen LogP contribution in [-0.4, -0.2) is 43.5 Å². The standard InChI is InChI=1S/C34H44N6O3/c1-32(2,3)30(42)37-19-27-35-17-25(38-27)23-13-9-21(10-14-23)22-11-15-24(16-12-22)26-18-36-29(39-26)28(34(7,8)20-41)40-31(43)33(4,5)6/h9-18,28,41H,19-20H2,1-8H3,(H,35,38)(H,36,39)(H,37,42)(H,40,43). The molecule has 2 amide bonds. The fourth-order valence-corrected chi connectivity index (χ4v) is 4.42. The van der Waals surface area contributed by atoms with Crippen LogP contribution in [0.3, 0.4) is 0 Å². The Bertz CT molecular complexity index is 1550. The lowest BCUT2D eigenvalue weighted by molar-refractivity contribution is -0.130. The minimum atomic E-state index is -0.619. The number of hydrogen-bond donors (Lipinski definition) is 5. The highest BCUT2D eigenvalue weighted by Crippen LogP contribution is 2.34. The third-order valence-corrected chi connectivity index (χ3v) is 7.47. The van der Waals surface area contributed by atoms with E-state index in [2.05, 4.69) is 54.8 Å². The number of benzene rings is 2. The smallest absolute Gasteiger partial charge is 0.225 e. The number of imidazole rings is 2. The third kappa shape index (κ3) is 7.59. The monoisotopic (exact) mass is 584 g/mol. The van der Waals surface area contributed by atoms with Gasteiger partial charge in [0.25, 0.3) is 0 Å². The van der Waals surface area contributed by atoms with E-state index in [4.69, 9.17) is 0 Å². The van der Waals surface area contributed by atoms with Crippen LogP contribution in [0.15, 0.2) is 60.9 Å². The molecular weight excluding hydrogens is 540 g/mol. The van der Waals surface area contributed by atoms with Crippen molar-refractivity contribution in [3.63, 3.8) is 0 Å². The summed E-state index contributed by atoms with van der Waals surface area (Å²) in [5.74, 6) is 1.18. The fourth-order valence-electron chi connectivity index (χ4n) is 4.42. The summed E-state index contributed by atoms with van der Waals surface area (Å²) in [5, 5.41) is 16.0. The van der Waals surface area contributed by atoms with E-state index in [1.807, 2.05) is 79.7 Å². The average molecular weight is 585 g/mol. The molecular formula is C34H44N6O3. The summed E-state index contributed by atoms with van der Waals surface area (Å²) in [4.78, 5) is 40.6. The fraction of sp³-hybridized carbons (Fsp3) is 0.412. The van der Waals surface area contributed by atoms with Crippen molar-refractivity contribution in [3.05, 3.63) is 72.6 Å². The lowest BCUT2D eigenvalue weighted by Crippen LogP contribution is -2.44. The van der Waals surface area contributed by atoms with Crippen LogP contribution in [0, 0.1) is 16.2 Å². The maximum Gasteiger partial charge on any atom is 0.225 e. The number of nitrogens with one attached hydrogen (secondary N) is 4. The Morgan fingerprint density at radius 3 is 1.67 bits per heavy atom. The molecule has 0 bridgehead atoms. The maximum absolute atomic E-state index is 12.8. The molecule has 2 aromatic heterocycles. The first-order valence-corrected chi connectivity index (χ1v) is 14.6. The molecule has 0 aliphatic heterocycles. The van der Waals surface area contributed by atoms with E-state index < -0.39 is 22.3 Å². The van der Waals surface area contributed by atoms with E-state index in [0.29, 0.717) is 18.2 Å². The number of aromatic nitrogens is 4. The Morgan fingerprint density at radius 2 is 1.19 bits per heavy atom. The SMILES string of the molecule is CC(C)(C)C(=O)NCc1ncc(-c2ccc(-c3ccc(-c4cnc(C(NC(=O)C(C)(C)C)C(C)(C)CO)[nH]4)cc3)cc2)[nH]1. The van der Waals surface area contributed by atoms with Gasteiger partial charge >= 0.3 is 0 Å². The molecule has 9 heteroatoms. The number of aliphatic hydroxyl groups excluding tert-OH is 1. The summed E-state index contributed by atoms with van der Waals surface area (Å²) in [6.45, 7) is 15.3. The average Bonchev–Trinajstić information content (AvgIpc) is 3.64. The summed E-state index contributed by atoms with van der Waals surface area (Å²) in [6.07, 6.45) is 3.54. The molecule has 228 valence electrons. The van der Waals surface area contributed by atoms with Gasteiger partial charge in [0.15, 0.2) is 0 Å². The number of amides is 2. The van der Waals surface area contributed by atoms with Crippen LogP contribution in [0.2, 0.25) is 0 Å². The third-order valence-electron chi connectivity index (χ3n) is 7.47. The second kappa shape index (κ2) is 12.2. The van der Waals surface area contributed by atoms with E-state index in [9.17, 15) is 14.7 Å². The lowest BCUT2D eigenvalue weighted by atomic mass is 9.83. The molecule has 0 fully saturated rings. The first kappa shape index (κ1) is 31.7. The molecule has 0 radical (unpaired) electrons. The summed E-state index contributed by atoms with van der Waals surface area (Å²) in [5.41, 5.74) is 4.19. The molecule has 0 aliphatic carbocycles. The molecule has 2 aromatic carbocycles. The van der Waals surface area contributed by atoms with Crippen molar-refractivity contribution >= 4 is 11.8 Å². The maximum atomic E-state index is 12.8. The van der Waals surface area contributed by atoms with E-state index in [1.54, 1.807) is 12.4 Å². The lowest BCUT2D eigenvalue weighted by Gasteiger charge is -2.34. The molecule has 0 saturated heterocycles. The first-order valence-electron chi connectivity index (χ1n) is 14.6. The molecule has 1 atom stereocenters. The Balaban J connectivity index is 1.46. The topological polar surface area (TPSA) is 136 Å². The quantitative estimate of drug-likeness (QED) is 0.164. The van der Waals surface area contributed by atoms with Crippen LogP contribution in [0.25, 0.3) is 33.6 Å². The van der Waals surface area contributed by atoms with Gasteiger partial charge in [0.2, 0.25) is 11.8 Å². The molecule has 9 nitrogen and oxygen atoms in total. The van der Waals surface area contributed by atoms with Crippen molar-refractivity contribution in [1.29, 1.82) is 0 Å². The first-order chi connectivity index (χ1) is 20.1. The molecule has 0 spiro atoms. The highest BCUT2D eigenvalue weighted by atomic mass is 16.3.